The van der Waals surface area contributed by atoms with Crippen molar-refractivity contribution < 1.29 is 13.2 Å². The first-order chi connectivity index (χ1) is 10.4. The summed E-state index contributed by atoms with van der Waals surface area (Å²) in [5.41, 5.74) is 2.99. The summed E-state index contributed by atoms with van der Waals surface area (Å²) in [6.45, 7) is 0.452. The second kappa shape index (κ2) is 6.99. The van der Waals surface area contributed by atoms with Crippen molar-refractivity contribution in [2.75, 3.05) is 20.6 Å². The Hall–Kier alpha value is -1.77. The van der Waals surface area contributed by atoms with Crippen LogP contribution >= 0.6 is 11.3 Å². The van der Waals surface area contributed by atoms with Crippen molar-refractivity contribution in [3.8, 4) is 0 Å². The largest absolute Gasteiger partial charge is 0.352 e. The van der Waals surface area contributed by atoms with Gasteiger partial charge in [-0.05, 0) is 18.2 Å². The van der Waals surface area contributed by atoms with E-state index < -0.39 is 10.0 Å². The smallest absolute Gasteiger partial charge is 0.251 e. The van der Waals surface area contributed by atoms with E-state index in [1.54, 1.807) is 17.6 Å². The maximum Gasteiger partial charge on any atom is 0.251 e. The van der Waals surface area contributed by atoms with Gasteiger partial charge in [-0.15, -0.1) is 11.3 Å². The Morgan fingerprint density at radius 1 is 1.36 bits per heavy atom. The maximum atomic E-state index is 12.1. The summed E-state index contributed by atoms with van der Waals surface area (Å²) in [5.74, 6) is -0.300. The van der Waals surface area contributed by atoms with Gasteiger partial charge in [-0.1, -0.05) is 6.07 Å². The Balaban J connectivity index is 2.04. The van der Waals surface area contributed by atoms with Crippen molar-refractivity contribution in [2.24, 2.45) is 0 Å². The highest BCUT2D eigenvalue weighted by Crippen LogP contribution is 2.14. The summed E-state index contributed by atoms with van der Waals surface area (Å²) in [6.07, 6.45) is 0.644. The summed E-state index contributed by atoms with van der Waals surface area (Å²) >= 11 is 1.51. The fourth-order valence-corrected chi connectivity index (χ4v) is 3.32. The quantitative estimate of drug-likeness (QED) is 0.862. The number of thiazole rings is 1. The van der Waals surface area contributed by atoms with Gasteiger partial charge in [0.25, 0.3) is 5.91 Å². The van der Waals surface area contributed by atoms with E-state index in [2.05, 4.69) is 10.3 Å². The molecular weight excluding hydrogens is 322 g/mol. The zero-order valence-corrected chi connectivity index (χ0v) is 13.9. The number of nitrogens with one attached hydrogen (secondary N) is 1. The molecular formula is C14H17N3O3S2. The zero-order chi connectivity index (χ0) is 16.2. The van der Waals surface area contributed by atoms with Crippen LogP contribution < -0.4 is 5.32 Å². The first kappa shape index (κ1) is 16.6. The molecule has 0 aliphatic heterocycles. The molecule has 1 N–H and O–H groups in total. The molecule has 6 nitrogen and oxygen atoms in total. The topological polar surface area (TPSA) is 79.4 Å². The van der Waals surface area contributed by atoms with Crippen molar-refractivity contribution in [3.05, 3.63) is 46.4 Å². The van der Waals surface area contributed by atoms with Crippen LogP contribution in [0.2, 0.25) is 0 Å². The number of sulfonamides is 1. The molecule has 0 bridgehead atoms. The van der Waals surface area contributed by atoms with Crippen LogP contribution in [0.15, 0.2) is 40.1 Å². The highest BCUT2D eigenvalue weighted by Gasteiger charge is 2.18. The first-order valence-electron chi connectivity index (χ1n) is 6.59. The second-order valence-corrected chi connectivity index (χ2v) is 7.67. The lowest BCUT2D eigenvalue weighted by atomic mass is 10.2. The predicted octanol–water partition coefficient (Wildman–Crippen LogP) is 1.37. The molecule has 22 heavy (non-hydrogen) atoms. The summed E-state index contributed by atoms with van der Waals surface area (Å²) in [7, 11) is -0.636. The summed E-state index contributed by atoms with van der Waals surface area (Å²) in [5, 5.41) is 4.69. The number of nitrogens with zero attached hydrogens (tertiary/aromatic N) is 2. The number of amides is 1. The Labute approximate surface area is 133 Å². The molecule has 0 fully saturated rings. The van der Waals surface area contributed by atoms with Gasteiger partial charge in [-0.2, -0.15) is 0 Å². The number of rotatable bonds is 6. The van der Waals surface area contributed by atoms with Crippen LogP contribution in [0.5, 0.6) is 0 Å². The molecule has 8 heteroatoms. The van der Waals surface area contributed by atoms with Gasteiger partial charge in [-0.25, -0.2) is 17.7 Å². The van der Waals surface area contributed by atoms with Crippen LogP contribution in [0, 0.1) is 0 Å². The monoisotopic (exact) mass is 339 g/mol. The van der Waals surface area contributed by atoms with Gasteiger partial charge in [0.2, 0.25) is 10.0 Å². The number of hydrogen-bond donors (Lipinski definition) is 1. The maximum absolute atomic E-state index is 12.1. The minimum absolute atomic E-state index is 0.102. The van der Waals surface area contributed by atoms with E-state index in [1.165, 1.54) is 37.6 Å². The van der Waals surface area contributed by atoms with E-state index in [1.807, 2.05) is 5.38 Å². The van der Waals surface area contributed by atoms with Crippen molar-refractivity contribution in [2.45, 2.75) is 11.3 Å². The van der Waals surface area contributed by atoms with Gasteiger partial charge >= 0.3 is 0 Å². The number of aromatic nitrogens is 1. The molecule has 0 aliphatic rings. The third-order valence-corrected chi connectivity index (χ3v) is 5.47. The van der Waals surface area contributed by atoms with Gasteiger partial charge in [0.05, 0.1) is 16.1 Å². The number of hydrogen-bond acceptors (Lipinski definition) is 5. The van der Waals surface area contributed by atoms with Crippen molar-refractivity contribution in [3.63, 3.8) is 0 Å². The van der Waals surface area contributed by atoms with E-state index in [9.17, 15) is 13.2 Å². The molecule has 0 aliphatic carbocycles. The van der Waals surface area contributed by atoms with Crippen molar-refractivity contribution >= 4 is 27.3 Å². The predicted molar refractivity (Wildman–Crippen MR) is 85.5 cm³/mol. The van der Waals surface area contributed by atoms with Gasteiger partial charge in [0.1, 0.15) is 0 Å². The molecule has 1 aromatic carbocycles. The Morgan fingerprint density at radius 2 is 2.14 bits per heavy atom. The standard InChI is InChI=1S/C14H17N3O3S2/c1-17(2)22(19,20)13-5-3-4-11(8-13)14(18)15-7-6-12-9-21-10-16-12/h3-5,8-10H,6-7H2,1-2H3,(H,15,18). The fraction of sp³-hybridized carbons (Fsp3) is 0.286. The SMILES string of the molecule is CN(C)S(=O)(=O)c1cccc(C(=O)NCCc2cscn2)c1. The van der Waals surface area contributed by atoms with E-state index in [4.69, 9.17) is 0 Å². The Kier molecular flexibility index (Phi) is 5.28. The van der Waals surface area contributed by atoms with E-state index >= 15 is 0 Å². The van der Waals surface area contributed by atoms with Gasteiger partial charge in [0, 0.05) is 38.0 Å². The van der Waals surface area contributed by atoms with Crippen LogP contribution in [0.25, 0.3) is 0 Å². The van der Waals surface area contributed by atoms with Crippen LogP contribution in [-0.4, -0.2) is 44.3 Å². The van der Waals surface area contributed by atoms with Gasteiger partial charge < -0.3 is 5.32 Å². The van der Waals surface area contributed by atoms with E-state index in [0.29, 0.717) is 18.5 Å². The van der Waals surface area contributed by atoms with Crippen LogP contribution in [0.4, 0.5) is 0 Å². The summed E-state index contributed by atoms with van der Waals surface area (Å²) in [6, 6.07) is 6.01. The third kappa shape index (κ3) is 3.90. The van der Waals surface area contributed by atoms with Crippen LogP contribution in [0.1, 0.15) is 16.1 Å². The number of benzene rings is 1. The van der Waals surface area contributed by atoms with Gasteiger partial charge in [0.15, 0.2) is 0 Å². The summed E-state index contributed by atoms with van der Waals surface area (Å²) < 4.78 is 25.2. The van der Waals surface area contributed by atoms with Crippen LogP contribution in [0.3, 0.4) is 0 Å². The van der Waals surface area contributed by atoms with Crippen molar-refractivity contribution in [1.82, 2.24) is 14.6 Å². The first-order valence-corrected chi connectivity index (χ1v) is 8.97. The molecule has 2 rings (SSSR count). The minimum atomic E-state index is -3.54. The molecule has 1 heterocycles. The number of carbonyl (C=O) groups is 1. The average Bonchev–Trinajstić information content (AvgIpc) is 3.00. The van der Waals surface area contributed by atoms with Gasteiger partial charge in [-0.3, -0.25) is 4.79 Å². The molecule has 0 spiro atoms. The molecule has 0 radical (unpaired) electrons. The van der Waals surface area contributed by atoms with E-state index in [-0.39, 0.29) is 10.8 Å². The summed E-state index contributed by atoms with van der Waals surface area (Å²) in [4.78, 5) is 16.3. The lowest BCUT2D eigenvalue weighted by Crippen LogP contribution is -2.26. The zero-order valence-electron chi connectivity index (χ0n) is 12.3. The lowest BCUT2D eigenvalue weighted by molar-refractivity contribution is 0.0954. The highest BCUT2D eigenvalue weighted by molar-refractivity contribution is 7.89. The molecule has 1 aromatic heterocycles. The molecule has 1 amide bonds. The van der Waals surface area contributed by atoms with Crippen molar-refractivity contribution in [1.29, 1.82) is 0 Å². The Bertz CT molecular complexity index is 740. The molecule has 0 unspecified atom stereocenters. The molecule has 2 aromatic rings. The molecule has 0 saturated heterocycles. The average molecular weight is 339 g/mol. The molecule has 0 atom stereocenters. The highest BCUT2D eigenvalue weighted by atomic mass is 32.2. The lowest BCUT2D eigenvalue weighted by Gasteiger charge is -2.12. The Morgan fingerprint density at radius 3 is 2.77 bits per heavy atom. The fourth-order valence-electron chi connectivity index (χ4n) is 1.78. The normalized spacial score (nSPS) is 11.6. The second-order valence-electron chi connectivity index (χ2n) is 4.80. The molecule has 118 valence electrons. The number of carbonyl (C=O) groups excluding carboxylic acids is 1. The van der Waals surface area contributed by atoms with Crippen LogP contribution in [-0.2, 0) is 16.4 Å². The third-order valence-electron chi connectivity index (χ3n) is 3.02. The minimum Gasteiger partial charge on any atom is -0.352 e. The molecule has 0 saturated carbocycles. The van der Waals surface area contributed by atoms with E-state index in [0.717, 1.165) is 10.00 Å².